The number of carboxylic acid groups (broad SMARTS) is 1. The van der Waals surface area contributed by atoms with Crippen molar-refractivity contribution in [3.63, 3.8) is 0 Å². The van der Waals surface area contributed by atoms with Crippen LogP contribution in [-0.4, -0.2) is 104 Å². The number of piperidine rings is 1. The lowest BCUT2D eigenvalue weighted by molar-refractivity contribution is -0.142. The summed E-state index contributed by atoms with van der Waals surface area (Å²) in [6, 6.07) is 6.49. The number of likely N-dealkylation sites (N-methyl/N-ethyl adjacent to an activating group) is 2. The Labute approximate surface area is 213 Å². The first-order valence-electron chi connectivity index (χ1n) is 12.1. The summed E-state index contributed by atoms with van der Waals surface area (Å²) < 4.78 is 26.5. The molecule has 2 fully saturated rings. The van der Waals surface area contributed by atoms with E-state index < -0.39 is 16.1 Å². The number of fused-ring (bicyclic) bond motifs is 1. The Morgan fingerprint density at radius 2 is 1.81 bits per heavy atom. The number of anilines is 1. The highest BCUT2D eigenvalue weighted by atomic mass is 32.2. The number of hydrogen-bond donors (Lipinski definition) is 1. The number of sulfonamides is 1. The third kappa shape index (κ3) is 4.57. The Morgan fingerprint density at radius 3 is 2.42 bits per heavy atom. The minimum atomic E-state index is -3.56. The number of carbonyl (C=O) groups is 2. The average Bonchev–Trinajstić information content (AvgIpc) is 2.87. The van der Waals surface area contributed by atoms with E-state index in [1.54, 1.807) is 23.1 Å². The molecule has 1 aliphatic carbocycles. The van der Waals surface area contributed by atoms with Gasteiger partial charge in [0, 0.05) is 64.4 Å². The van der Waals surface area contributed by atoms with Gasteiger partial charge in [-0.1, -0.05) is 12.1 Å². The topological polar surface area (TPSA) is 105 Å². The maximum Gasteiger partial charge on any atom is 0.407 e. The van der Waals surface area contributed by atoms with Gasteiger partial charge in [0.25, 0.3) is 0 Å². The number of likely N-dealkylation sites (tertiary alicyclic amines) is 1. The van der Waals surface area contributed by atoms with E-state index in [2.05, 4.69) is 17.1 Å². The van der Waals surface area contributed by atoms with Gasteiger partial charge in [0.05, 0.1) is 10.9 Å². The van der Waals surface area contributed by atoms with E-state index in [1.165, 1.54) is 23.3 Å². The van der Waals surface area contributed by atoms with Crippen LogP contribution in [0.3, 0.4) is 0 Å². The number of rotatable bonds is 5. The van der Waals surface area contributed by atoms with Gasteiger partial charge in [-0.15, -0.1) is 0 Å². The molecule has 1 aromatic carbocycles. The van der Waals surface area contributed by atoms with Gasteiger partial charge in [-0.3, -0.25) is 4.79 Å². The molecular weight excluding hydrogens is 482 g/mol. The van der Waals surface area contributed by atoms with E-state index in [0.717, 1.165) is 17.1 Å². The summed E-state index contributed by atoms with van der Waals surface area (Å²) in [6.45, 7) is 2.80. The number of allylic oxidation sites excluding steroid dienone is 1. The molecule has 2 aliphatic heterocycles. The molecule has 0 spiro atoms. The van der Waals surface area contributed by atoms with Gasteiger partial charge < -0.3 is 24.7 Å². The average molecular weight is 518 g/mol. The Balaban J connectivity index is 1.65. The lowest BCUT2D eigenvalue weighted by Crippen LogP contribution is -2.62. The molecular formula is C25H35N5O5S. The number of benzene rings is 1. The van der Waals surface area contributed by atoms with Crippen LogP contribution in [-0.2, 0) is 14.8 Å². The second-order valence-electron chi connectivity index (χ2n) is 9.83. The Kier molecular flexibility index (Phi) is 7.07. The fraction of sp³-hybridized carbons (Fsp3) is 0.520. The van der Waals surface area contributed by atoms with Crippen molar-refractivity contribution in [1.29, 1.82) is 0 Å². The fourth-order valence-electron chi connectivity index (χ4n) is 5.36. The minimum absolute atomic E-state index is 0.0598. The molecule has 36 heavy (non-hydrogen) atoms. The molecule has 2 amide bonds. The second kappa shape index (κ2) is 9.78. The van der Waals surface area contributed by atoms with Crippen LogP contribution < -0.4 is 4.90 Å². The van der Waals surface area contributed by atoms with Crippen LogP contribution in [0.1, 0.15) is 26.2 Å². The third-order valence-corrected chi connectivity index (χ3v) is 9.39. The minimum Gasteiger partial charge on any atom is -0.465 e. The first kappa shape index (κ1) is 26.0. The monoisotopic (exact) mass is 517 g/mol. The van der Waals surface area contributed by atoms with E-state index in [4.69, 9.17) is 0 Å². The maximum atomic E-state index is 13.1. The molecule has 2 atom stereocenters. The zero-order chi connectivity index (χ0) is 26.4. The number of hydrogen-bond acceptors (Lipinski definition) is 6. The lowest BCUT2D eigenvalue weighted by Gasteiger charge is -2.52. The molecule has 2 heterocycles. The van der Waals surface area contributed by atoms with Gasteiger partial charge in [0.1, 0.15) is 6.04 Å². The van der Waals surface area contributed by atoms with Gasteiger partial charge >= 0.3 is 6.09 Å². The fourth-order valence-corrected chi connectivity index (χ4v) is 6.30. The summed E-state index contributed by atoms with van der Waals surface area (Å²) in [7, 11) is 3.20. The smallest absolute Gasteiger partial charge is 0.407 e. The number of piperazine rings is 1. The highest BCUT2D eigenvalue weighted by Crippen LogP contribution is 2.37. The summed E-state index contributed by atoms with van der Waals surface area (Å²) in [5.74, 6) is 0.0598. The van der Waals surface area contributed by atoms with Crippen LogP contribution in [0, 0.1) is 0 Å². The van der Waals surface area contributed by atoms with Crippen molar-refractivity contribution in [1.82, 2.24) is 19.0 Å². The molecule has 1 aromatic rings. The Morgan fingerprint density at radius 1 is 1.14 bits per heavy atom. The van der Waals surface area contributed by atoms with Crippen molar-refractivity contribution >= 4 is 27.7 Å². The predicted molar refractivity (Wildman–Crippen MR) is 137 cm³/mol. The van der Waals surface area contributed by atoms with Crippen LogP contribution >= 0.6 is 0 Å². The molecule has 2 saturated heterocycles. The van der Waals surface area contributed by atoms with E-state index in [-0.39, 0.29) is 28.9 Å². The van der Waals surface area contributed by atoms with Crippen molar-refractivity contribution in [2.45, 2.75) is 49.2 Å². The molecule has 11 heteroatoms. The molecule has 0 radical (unpaired) electrons. The highest BCUT2D eigenvalue weighted by Gasteiger charge is 2.43. The number of nitrogens with zero attached hydrogens (tertiary/aromatic N) is 5. The predicted octanol–water partition coefficient (Wildman–Crippen LogP) is 2.22. The molecule has 0 saturated carbocycles. The van der Waals surface area contributed by atoms with E-state index in [9.17, 15) is 23.1 Å². The molecule has 10 nitrogen and oxygen atoms in total. The number of carbonyl (C=O) groups excluding carboxylic acids is 1. The zero-order valence-corrected chi connectivity index (χ0v) is 22.3. The van der Waals surface area contributed by atoms with Crippen LogP contribution in [0.5, 0.6) is 0 Å². The standard InChI is InChI=1S/C25H35N5O5S/c1-17-24(31)28(5)22-10-9-20(16-23(22)30(17)18-11-13-29(14-12-18)25(32)33)27(4)19-7-6-8-21(15-19)36(34,35)26(2)3/h6-9,15-18,22H,10-14H2,1-5H3,(H,32,33)/t17-,22?/m1/s1. The molecule has 196 valence electrons. The summed E-state index contributed by atoms with van der Waals surface area (Å²) in [6.07, 6.45) is 5.22. The van der Waals surface area contributed by atoms with Crippen molar-refractivity contribution in [3.8, 4) is 0 Å². The summed E-state index contributed by atoms with van der Waals surface area (Å²) in [5.41, 5.74) is 2.71. The second-order valence-corrected chi connectivity index (χ2v) is 12.0. The quantitative estimate of drug-likeness (QED) is 0.639. The van der Waals surface area contributed by atoms with E-state index in [1.807, 2.05) is 32.0 Å². The first-order valence-corrected chi connectivity index (χ1v) is 13.6. The van der Waals surface area contributed by atoms with Crippen molar-refractivity contribution in [3.05, 3.63) is 47.8 Å². The van der Waals surface area contributed by atoms with E-state index >= 15 is 0 Å². The first-order chi connectivity index (χ1) is 16.9. The maximum absolute atomic E-state index is 13.1. The lowest BCUT2D eigenvalue weighted by atomic mass is 9.90. The Hall–Kier alpha value is -3.05. The molecule has 0 bridgehead atoms. The van der Waals surface area contributed by atoms with Crippen molar-refractivity contribution < 1.29 is 23.1 Å². The van der Waals surface area contributed by atoms with Crippen LogP contribution in [0.15, 0.2) is 52.7 Å². The molecule has 4 rings (SSSR count). The van der Waals surface area contributed by atoms with Crippen molar-refractivity contribution in [2.75, 3.05) is 46.2 Å². The summed E-state index contributed by atoms with van der Waals surface area (Å²) in [5, 5.41) is 9.34. The van der Waals surface area contributed by atoms with Crippen molar-refractivity contribution in [2.24, 2.45) is 0 Å². The van der Waals surface area contributed by atoms with Crippen LogP contribution in [0.4, 0.5) is 10.5 Å². The normalized spacial score (nSPS) is 23.4. The molecule has 1 unspecified atom stereocenters. The highest BCUT2D eigenvalue weighted by molar-refractivity contribution is 7.89. The van der Waals surface area contributed by atoms with Gasteiger partial charge in [-0.05, 0) is 50.5 Å². The van der Waals surface area contributed by atoms with Gasteiger partial charge in [-0.2, -0.15) is 0 Å². The van der Waals surface area contributed by atoms with E-state index in [0.29, 0.717) is 32.4 Å². The number of amides is 2. The third-order valence-electron chi connectivity index (χ3n) is 7.57. The Bertz CT molecular complexity index is 1200. The molecule has 0 aromatic heterocycles. The summed E-state index contributed by atoms with van der Waals surface area (Å²) >= 11 is 0. The van der Waals surface area contributed by atoms with Crippen LogP contribution in [0.25, 0.3) is 0 Å². The SMILES string of the molecule is C[C@@H]1C(=O)N(C)C2CC=C(N(C)c3cccc(S(=O)(=O)N(C)C)c3)C=C2N1C1CCN(C(=O)O)CC1. The molecule has 1 N–H and O–H groups in total. The van der Waals surface area contributed by atoms with Gasteiger partial charge in [-0.25, -0.2) is 17.5 Å². The van der Waals surface area contributed by atoms with Gasteiger partial charge in [0.15, 0.2) is 0 Å². The largest absolute Gasteiger partial charge is 0.465 e. The zero-order valence-electron chi connectivity index (χ0n) is 21.5. The van der Waals surface area contributed by atoms with Crippen LogP contribution in [0.2, 0.25) is 0 Å². The van der Waals surface area contributed by atoms with Gasteiger partial charge in [0.2, 0.25) is 15.9 Å². The summed E-state index contributed by atoms with van der Waals surface area (Å²) in [4.78, 5) is 32.1. The molecule has 3 aliphatic rings.